The molecule has 0 saturated heterocycles. The van der Waals surface area contributed by atoms with E-state index in [1.54, 1.807) is 30.3 Å². The number of halogens is 2. The molecule has 0 fully saturated rings. The molecule has 1 amide bonds. The summed E-state index contributed by atoms with van der Waals surface area (Å²) in [7, 11) is 0. The van der Waals surface area contributed by atoms with Crippen molar-refractivity contribution in [3.05, 3.63) is 82.2 Å². The molecule has 1 aromatic heterocycles. The predicted molar refractivity (Wildman–Crippen MR) is 113 cm³/mol. The molecule has 0 saturated carbocycles. The van der Waals surface area contributed by atoms with Crippen LogP contribution in [0.3, 0.4) is 0 Å². The fourth-order valence-electron chi connectivity index (χ4n) is 2.29. The van der Waals surface area contributed by atoms with E-state index in [9.17, 15) is 4.79 Å². The Morgan fingerprint density at radius 3 is 2.30 bits per heavy atom. The first-order valence-electron chi connectivity index (χ1n) is 7.94. The number of carbonyl (C=O) groups excluding carboxylic acids is 1. The molecule has 0 spiro atoms. The highest BCUT2D eigenvalue weighted by Crippen LogP contribution is 2.22. The number of amides is 1. The van der Waals surface area contributed by atoms with Crippen LogP contribution in [0.2, 0.25) is 10.0 Å². The SMILES string of the molecule is O=C(Nc1ccc(CNC(=S)Nc2cc(Cl)cc(Cl)c2)cc1)c1ccco1. The molecule has 0 bridgehead atoms. The van der Waals surface area contributed by atoms with Crippen molar-refractivity contribution in [1.29, 1.82) is 0 Å². The lowest BCUT2D eigenvalue weighted by Crippen LogP contribution is -2.27. The zero-order valence-electron chi connectivity index (χ0n) is 14.0. The Bertz CT molecular complexity index is 924. The molecule has 0 aliphatic rings. The van der Waals surface area contributed by atoms with Crippen LogP contribution in [0.1, 0.15) is 16.1 Å². The van der Waals surface area contributed by atoms with E-state index in [1.165, 1.54) is 6.26 Å². The summed E-state index contributed by atoms with van der Waals surface area (Å²) in [4.78, 5) is 11.9. The molecule has 0 aliphatic heterocycles. The molecule has 0 atom stereocenters. The minimum atomic E-state index is -0.295. The summed E-state index contributed by atoms with van der Waals surface area (Å²) in [5.74, 6) is -0.0327. The zero-order chi connectivity index (χ0) is 19.2. The van der Waals surface area contributed by atoms with E-state index in [0.29, 0.717) is 33.1 Å². The van der Waals surface area contributed by atoms with Gasteiger partial charge in [-0.2, -0.15) is 0 Å². The van der Waals surface area contributed by atoms with E-state index in [0.717, 1.165) is 5.56 Å². The van der Waals surface area contributed by atoms with Crippen LogP contribution in [0.5, 0.6) is 0 Å². The van der Waals surface area contributed by atoms with E-state index < -0.39 is 0 Å². The lowest BCUT2D eigenvalue weighted by Gasteiger charge is -2.12. The number of rotatable bonds is 5. The number of hydrogen-bond donors (Lipinski definition) is 3. The number of hydrogen-bond acceptors (Lipinski definition) is 3. The molecule has 1 heterocycles. The first-order chi connectivity index (χ1) is 13.0. The normalized spacial score (nSPS) is 10.3. The van der Waals surface area contributed by atoms with Crippen molar-refractivity contribution in [2.24, 2.45) is 0 Å². The minimum Gasteiger partial charge on any atom is -0.459 e. The number of anilines is 2. The summed E-state index contributed by atoms with van der Waals surface area (Å²) < 4.78 is 5.06. The van der Waals surface area contributed by atoms with Crippen molar-refractivity contribution in [3.63, 3.8) is 0 Å². The maximum absolute atomic E-state index is 11.9. The second-order valence-corrected chi connectivity index (χ2v) is 6.88. The van der Waals surface area contributed by atoms with Crippen LogP contribution in [0.25, 0.3) is 0 Å². The van der Waals surface area contributed by atoms with Gasteiger partial charge in [0, 0.05) is 28.0 Å². The second-order valence-electron chi connectivity index (χ2n) is 5.59. The van der Waals surface area contributed by atoms with Crippen LogP contribution in [-0.2, 0) is 6.54 Å². The number of furan rings is 1. The quantitative estimate of drug-likeness (QED) is 0.488. The topological polar surface area (TPSA) is 66.3 Å². The third kappa shape index (κ3) is 5.72. The van der Waals surface area contributed by atoms with Gasteiger partial charge in [-0.3, -0.25) is 4.79 Å². The Morgan fingerprint density at radius 1 is 0.963 bits per heavy atom. The molecule has 8 heteroatoms. The van der Waals surface area contributed by atoms with Gasteiger partial charge in [-0.1, -0.05) is 35.3 Å². The lowest BCUT2D eigenvalue weighted by molar-refractivity contribution is 0.0996. The highest BCUT2D eigenvalue weighted by atomic mass is 35.5. The van der Waals surface area contributed by atoms with Gasteiger partial charge in [0.25, 0.3) is 5.91 Å². The van der Waals surface area contributed by atoms with Gasteiger partial charge in [0.1, 0.15) is 0 Å². The van der Waals surface area contributed by atoms with Gasteiger partial charge in [0.05, 0.1) is 6.26 Å². The molecular weight excluding hydrogens is 405 g/mol. The summed E-state index contributed by atoms with van der Waals surface area (Å²) in [6.45, 7) is 0.520. The number of thiocarbonyl (C=S) groups is 1. The highest BCUT2D eigenvalue weighted by Gasteiger charge is 2.08. The maximum atomic E-state index is 11.9. The molecule has 2 aromatic carbocycles. The summed E-state index contributed by atoms with van der Waals surface area (Å²) in [6, 6.07) is 15.8. The molecule has 5 nitrogen and oxygen atoms in total. The Balaban J connectivity index is 1.51. The standard InChI is InChI=1S/C19H15Cl2N3O2S/c20-13-8-14(21)10-16(9-13)24-19(27)22-11-12-3-5-15(6-4-12)23-18(25)17-2-1-7-26-17/h1-10H,11H2,(H,23,25)(H2,22,24,27). The number of nitrogens with one attached hydrogen (secondary N) is 3. The smallest absolute Gasteiger partial charge is 0.291 e. The molecule has 0 unspecified atom stereocenters. The second kappa shape index (κ2) is 8.90. The van der Waals surface area contributed by atoms with E-state index in [-0.39, 0.29) is 11.7 Å². The Kier molecular flexibility index (Phi) is 6.34. The first kappa shape index (κ1) is 19.2. The third-order valence-corrected chi connectivity index (χ3v) is 4.21. The molecule has 3 rings (SSSR count). The van der Waals surface area contributed by atoms with Crippen molar-refractivity contribution in [2.75, 3.05) is 10.6 Å². The van der Waals surface area contributed by atoms with Crippen molar-refractivity contribution in [2.45, 2.75) is 6.54 Å². The van der Waals surface area contributed by atoms with Crippen LogP contribution in [0.15, 0.2) is 65.3 Å². The van der Waals surface area contributed by atoms with Gasteiger partial charge in [-0.05, 0) is 60.2 Å². The lowest BCUT2D eigenvalue weighted by atomic mass is 10.2. The van der Waals surface area contributed by atoms with Gasteiger partial charge in [-0.25, -0.2) is 0 Å². The summed E-state index contributed by atoms with van der Waals surface area (Å²) in [5.41, 5.74) is 2.38. The van der Waals surface area contributed by atoms with Crippen molar-refractivity contribution in [1.82, 2.24) is 5.32 Å². The average Bonchev–Trinajstić information content (AvgIpc) is 3.15. The molecular formula is C19H15Cl2N3O2S. The Hall–Kier alpha value is -2.54. The molecule has 27 heavy (non-hydrogen) atoms. The summed E-state index contributed by atoms with van der Waals surface area (Å²) >= 11 is 17.2. The van der Waals surface area contributed by atoms with Crippen LogP contribution >= 0.6 is 35.4 Å². The summed E-state index contributed by atoms with van der Waals surface area (Å²) in [5, 5.41) is 10.4. The highest BCUT2D eigenvalue weighted by molar-refractivity contribution is 7.80. The van der Waals surface area contributed by atoms with Gasteiger partial charge < -0.3 is 20.4 Å². The zero-order valence-corrected chi connectivity index (χ0v) is 16.3. The Labute approximate surface area is 171 Å². The predicted octanol–water partition coefficient (Wildman–Crippen LogP) is 5.33. The van der Waals surface area contributed by atoms with Crippen LogP contribution in [0.4, 0.5) is 11.4 Å². The monoisotopic (exact) mass is 419 g/mol. The average molecular weight is 420 g/mol. The number of benzene rings is 2. The number of carbonyl (C=O) groups is 1. The van der Waals surface area contributed by atoms with Crippen LogP contribution < -0.4 is 16.0 Å². The van der Waals surface area contributed by atoms with Gasteiger partial charge in [0.2, 0.25) is 0 Å². The van der Waals surface area contributed by atoms with Crippen LogP contribution in [-0.4, -0.2) is 11.0 Å². The summed E-state index contributed by atoms with van der Waals surface area (Å²) in [6.07, 6.45) is 1.46. The van der Waals surface area contributed by atoms with E-state index in [1.807, 2.05) is 24.3 Å². The molecule has 0 aliphatic carbocycles. The Morgan fingerprint density at radius 2 is 1.67 bits per heavy atom. The van der Waals surface area contributed by atoms with E-state index in [4.69, 9.17) is 39.8 Å². The van der Waals surface area contributed by atoms with E-state index in [2.05, 4.69) is 16.0 Å². The van der Waals surface area contributed by atoms with Gasteiger partial charge in [0.15, 0.2) is 10.9 Å². The minimum absolute atomic E-state index is 0.262. The first-order valence-corrected chi connectivity index (χ1v) is 9.11. The van der Waals surface area contributed by atoms with E-state index >= 15 is 0 Å². The molecule has 138 valence electrons. The van der Waals surface area contributed by atoms with Crippen molar-refractivity contribution >= 4 is 57.8 Å². The molecule has 3 aromatic rings. The van der Waals surface area contributed by atoms with Crippen molar-refractivity contribution in [3.8, 4) is 0 Å². The fraction of sp³-hybridized carbons (Fsp3) is 0.0526. The van der Waals surface area contributed by atoms with Crippen molar-refractivity contribution < 1.29 is 9.21 Å². The van der Waals surface area contributed by atoms with Gasteiger partial charge in [-0.15, -0.1) is 0 Å². The molecule has 0 radical (unpaired) electrons. The largest absolute Gasteiger partial charge is 0.459 e. The van der Waals surface area contributed by atoms with Gasteiger partial charge >= 0.3 is 0 Å². The maximum Gasteiger partial charge on any atom is 0.291 e. The van der Waals surface area contributed by atoms with Crippen LogP contribution in [0, 0.1) is 0 Å². The third-order valence-electron chi connectivity index (χ3n) is 3.53. The fourth-order valence-corrected chi connectivity index (χ4v) is 3.01. The molecule has 3 N–H and O–H groups in total.